The lowest BCUT2D eigenvalue weighted by atomic mass is 10.0. The molecule has 2 atom stereocenters. The predicted octanol–water partition coefficient (Wildman–Crippen LogP) is 2.28. The fourth-order valence-corrected chi connectivity index (χ4v) is 3.51. The number of hydrogen-bond donors (Lipinski definition) is 1. The third kappa shape index (κ3) is 2.82. The number of β-amino-alcohol motifs (C(OH)–C–C–N with tert-alkyl or cyclic N) is 1. The molecule has 1 saturated carbocycles. The van der Waals surface area contributed by atoms with Crippen LogP contribution in [0.3, 0.4) is 0 Å². The lowest BCUT2D eigenvalue weighted by Gasteiger charge is -2.24. The quantitative estimate of drug-likeness (QED) is 0.932. The maximum atomic E-state index is 13.6. The Labute approximate surface area is 138 Å². The van der Waals surface area contributed by atoms with Crippen LogP contribution in [0, 0.1) is 11.6 Å². The van der Waals surface area contributed by atoms with E-state index in [1.807, 2.05) is 11.6 Å². The highest BCUT2D eigenvalue weighted by molar-refractivity contribution is 5.23. The van der Waals surface area contributed by atoms with Crippen LogP contribution in [0.4, 0.5) is 8.78 Å². The van der Waals surface area contributed by atoms with Gasteiger partial charge in [-0.3, -0.25) is 4.90 Å². The smallest absolute Gasteiger partial charge is 0.159 e. The SMILES string of the molecule is Cn1c(CN2C[C@@H](O)C[C@@H]2c2ccc(F)c(F)c2)nnc1C1CC1. The minimum atomic E-state index is -0.858. The third-order valence-corrected chi connectivity index (χ3v) is 5.00. The molecule has 2 heterocycles. The highest BCUT2D eigenvalue weighted by atomic mass is 19.2. The first-order chi connectivity index (χ1) is 11.5. The molecule has 2 fully saturated rings. The van der Waals surface area contributed by atoms with E-state index in [0.717, 1.165) is 30.6 Å². The van der Waals surface area contributed by atoms with Gasteiger partial charge in [-0.15, -0.1) is 10.2 Å². The molecule has 1 aliphatic heterocycles. The van der Waals surface area contributed by atoms with E-state index in [4.69, 9.17) is 0 Å². The maximum absolute atomic E-state index is 13.6. The van der Waals surface area contributed by atoms with Gasteiger partial charge in [0.15, 0.2) is 11.6 Å². The van der Waals surface area contributed by atoms with Gasteiger partial charge in [-0.05, 0) is 37.0 Å². The van der Waals surface area contributed by atoms with E-state index < -0.39 is 17.7 Å². The standard InChI is InChI=1S/C17H20F2N4O/c1-22-16(20-21-17(22)10-2-3-10)9-23-8-12(24)7-15(23)11-4-5-13(18)14(19)6-11/h4-6,10,12,15,24H,2-3,7-9H2,1H3/t12-,15+/m0/s1. The number of likely N-dealkylation sites (tertiary alicyclic amines) is 1. The monoisotopic (exact) mass is 334 g/mol. The van der Waals surface area contributed by atoms with Gasteiger partial charge in [-0.25, -0.2) is 8.78 Å². The highest BCUT2D eigenvalue weighted by Crippen LogP contribution is 2.39. The van der Waals surface area contributed by atoms with Gasteiger partial charge in [0.05, 0.1) is 12.6 Å². The van der Waals surface area contributed by atoms with Crippen LogP contribution in [0.2, 0.25) is 0 Å². The Hall–Kier alpha value is -1.86. The second-order valence-corrected chi connectivity index (χ2v) is 6.82. The second-order valence-electron chi connectivity index (χ2n) is 6.82. The first kappa shape index (κ1) is 15.7. The summed E-state index contributed by atoms with van der Waals surface area (Å²) in [6.45, 7) is 1.01. The molecule has 7 heteroatoms. The van der Waals surface area contributed by atoms with Gasteiger partial charge in [0.2, 0.25) is 0 Å². The predicted molar refractivity (Wildman–Crippen MR) is 83.1 cm³/mol. The summed E-state index contributed by atoms with van der Waals surface area (Å²) in [7, 11) is 1.96. The van der Waals surface area contributed by atoms with Crippen molar-refractivity contribution in [2.24, 2.45) is 7.05 Å². The van der Waals surface area contributed by atoms with Crippen LogP contribution >= 0.6 is 0 Å². The average Bonchev–Trinajstić information content (AvgIpc) is 3.23. The van der Waals surface area contributed by atoms with Gasteiger partial charge >= 0.3 is 0 Å². The van der Waals surface area contributed by atoms with Crippen LogP contribution in [-0.4, -0.2) is 37.4 Å². The molecule has 4 rings (SSSR count). The summed E-state index contributed by atoms with van der Waals surface area (Å²) in [6, 6.07) is 3.79. The third-order valence-electron chi connectivity index (χ3n) is 5.00. The molecule has 5 nitrogen and oxygen atoms in total. The molecule has 0 spiro atoms. The molecule has 0 amide bonds. The first-order valence-corrected chi connectivity index (χ1v) is 8.28. The lowest BCUT2D eigenvalue weighted by Crippen LogP contribution is -2.26. The summed E-state index contributed by atoms with van der Waals surface area (Å²) in [4.78, 5) is 2.05. The van der Waals surface area contributed by atoms with Crippen LogP contribution in [0.25, 0.3) is 0 Å². The minimum absolute atomic E-state index is 0.156. The van der Waals surface area contributed by atoms with Crippen molar-refractivity contribution in [3.8, 4) is 0 Å². The Balaban J connectivity index is 1.57. The molecule has 0 unspecified atom stereocenters. The molecule has 2 aliphatic rings. The topological polar surface area (TPSA) is 54.2 Å². The molecule has 1 aromatic carbocycles. The largest absolute Gasteiger partial charge is 0.392 e. The van der Waals surface area contributed by atoms with Gasteiger partial charge in [-0.2, -0.15) is 0 Å². The van der Waals surface area contributed by atoms with Gasteiger partial charge in [0, 0.05) is 25.6 Å². The zero-order valence-electron chi connectivity index (χ0n) is 13.5. The van der Waals surface area contributed by atoms with Crippen molar-refractivity contribution in [1.29, 1.82) is 0 Å². The highest BCUT2D eigenvalue weighted by Gasteiger charge is 2.34. The number of nitrogens with zero attached hydrogens (tertiary/aromatic N) is 4. The number of aliphatic hydroxyl groups excluding tert-OH is 1. The van der Waals surface area contributed by atoms with E-state index in [-0.39, 0.29) is 6.04 Å². The average molecular weight is 334 g/mol. The second kappa shape index (κ2) is 5.89. The first-order valence-electron chi connectivity index (χ1n) is 8.28. The molecule has 0 bridgehead atoms. The van der Waals surface area contributed by atoms with Crippen LogP contribution in [0.1, 0.15) is 48.4 Å². The van der Waals surface area contributed by atoms with Crippen molar-refractivity contribution in [3.05, 3.63) is 47.0 Å². The summed E-state index contributed by atoms with van der Waals surface area (Å²) in [5.74, 6) is 0.643. The van der Waals surface area contributed by atoms with E-state index in [1.165, 1.54) is 6.07 Å². The summed E-state index contributed by atoms with van der Waals surface area (Å²) in [5.41, 5.74) is 0.676. The number of aromatic nitrogens is 3. The minimum Gasteiger partial charge on any atom is -0.392 e. The Morgan fingerprint density at radius 2 is 2.00 bits per heavy atom. The normalized spacial score (nSPS) is 24.7. The Kier molecular flexibility index (Phi) is 3.85. The Morgan fingerprint density at radius 1 is 1.21 bits per heavy atom. The van der Waals surface area contributed by atoms with Crippen molar-refractivity contribution >= 4 is 0 Å². The fraction of sp³-hybridized carbons (Fsp3) is 0.529. The molecular formula is C17H20F2N4O. The summed E-state index contributed by atoms with van der Waals surface area (Å²) in [6.07, 6.45) is 2.33. The van der Waals surface area contributed by atoms with Crippen molar-refractivity contribution < 1.29 is 13.9 Å². The van der Waals surface area contributed by atoms with Gasteiger partial charge in [0.25, 0.3) is 0 Å². The number of aliphatic hydroxyl groups is 1. The van der Waals surface area contributed by atoms with E-state index >= 15 is 0 Å². The van der Waals surface area contributed by atoms with Gasteiger partial charge in [0.1, 0.15) is 11.6 Å². The van der Waals surface area contributed by atoms with Gasteiger partial charge < -0.3 is 9.67 Å². The lowest BCUT2D eigenvalue weighted by molar-refractivity contribution is 0.170. The number of hydrogen-bond acceptors (Lipinski definition) is 4. The summed E-state index contributed by atoms with van der Waals surface area (Å²) in [5, 5.41) is 18.6. The van der Waals surface area contributed by atoms with Gasteiger partial charge in [-0.1, -0.05) is 6.07 Å². The summed E-state index contributed by atoms with van der Waals surface area (Å²) < 4.78 is 28.8. The van der Waals surface area contributed by atoms with Crippen molar-refractivity contribution in [1.82, 2.24) is 19.7 Å². The molecule has 2 aromatic rings. The molecule has 1 saturated heterocycles. The van der Waals surface area contributed by atoms with E-state index in [9.17, 15) is 13.9 Å². The van der Waals surface area contributed by atoms with Crippen molar-refractivity contribution in [2.75, 3.05) is 6.54 Å². The molecule has 1 N–H and O–H groups in total. The fourth-order valence-electron chi connectivity index (χ4n) is 3.51. The van der Waals surface area contributed by atoms with Crippen LogP contribution in [0.5, 0.6) is 0 Å². The Morgan fingerprint density at radius 3 is 2.71 bits per heavy atom. The van der Waals surface area contributed by atoms with Crippen LogP contribution in [-0.2, 0) is 13.6 Å². The molecule has 0 radical (unpaired) electrons. The van der Waals surface area contributed by atoms with Crippen LogP contribution < -0.4 is 0 Å². The number of halogens is 2. The van der Waals surface area contributed by atoms with Crippen molar-refractivity contribution in [3.63, 3.8) is 0 Å². The Bertz CT molecular complexity index is 759. The molecule has 1 aliphatic carbocycles. The maximum Gasteiger partial charge on any atom is 0.159 e. The molecular weight excluding hydrogens is 314 g/mol. The molecule has 24 heavy (non-hydrogen) atoms. The van der Waals surface area contributed by atoms with E-state index in [1.54, 1.807) is 6.07 Å². The van der Waals surface area contributed by atoms with Crippen molar-refractivity contribution in [2.45, 2.75) is 43.9 Å². The molecule has 1 aromatic heterocycles. The zero-order valence-corrected chi connectivity index (χ0v) is 13.5. The zero-order chi connectivity index (χ0) is 16.8. The molecule has 128 valence electrons. The number of benzene rings is 1. The number of rotatable bonds is 4. The van der Waals surface area contributed by atoms with E-state index in [0.29, 0.717) is 31.0 Å². The van der Waals surface area contributed by atoms with E-state index in [2.05, 4.69) is 15.1 Å². The summed E-state index contributed by atoms with van der Waals surface area (Å²) >= 11 is 0. The van der Waals surface area contributed by atoms with Crippen LogP contribution in [0.15, 0.2) is 18.2 Å².